The van der Waals surface area contributed by atoms with E-state index >= 15 is 0 Å². The predicted octanol–water partition coefficient (Wildman–Crippen LogP) is 1.29. The number of rotatable bonds is 4. The van der Waals surface area contributed by atoms with E-state index in [2.05, 4.69) is 15.9 Å². The van der Waals surface area contributed by atoms with E-state index in [0.717, 1.165) is 4.47 Å². The van der Waals surface area contributed by atoms with Gasteiger partial charge in [-0.25, -0.2) is 8.42 Å². The molecule has 0 bridgehead atoms. The molecule has 0 atom stereocenters. The summed E-state index contributed by atoms with van der Waals surface area (Å²) in [7, 11) is -3.23. The van der Waals surface area contributed by atoms with Gasteiger partial charge in [0, 0.05) is 24.1 Å². The van der Waals surface area contributed by atoms with Gasteiger partial charge in [-0.1, -0.05) is 15.9 Å². The van der Waals surface area contributed by atoms with Gasteiger partial charge in [0.25, 0.3) is 0 Å². The molecule has 0 saturated carbocycles. The van der Waals surface area contributed by atoms with Crippen molar-refractivity contribution in [3.8, 4) is 0 Å². The normalized spacial score (nSPS) is 19.5. The first-order valence-electron chi connectivity index (χ1n) is 5.72. The van der Waals surface area contributed by atoms with Gasteiger partial charge in [0.15, 0.2) is 9.84 Å². The molecule has 1 N–H and O–H groups in total. The molecule has 1 aliphatic rings. The molecule has 0 aliphatic carbocycles. The number of aliphatic hydroxyl groups is 1. The van der Waals surface area contributed by atoms with Crippen LogP contribution in [-0.4, -0.2) is 49.4 Å². The topological polar surface area (TPSA) is 57.6 Å². The number of likely N-dealkylation sites (tertiary alicyclic amines) is 1. The van der Waals surface area contributed by atoms with Gasteiger partial charge in [-0.05, 0) is 31.2 Å². The lowest BCUT2D eigenvalue weighted by molar-refractivity contribution is -0.0802. The third kappa shape index (κ3) is 3.32. The summed E-state index contributed by atoms with van der Waals surface area (Å²) in [5.41, 5.74) is -0.651. The minimum Gasteiger partial charge on any atom is -0.388 e. The lowest BCUT2D eigenvalue weighted by atomic mass is 9.97. The zero-order chi connectivity index (χ0) is 13.4. The minimum absolute atomic E-state index is 0.0880. The van der Waals surface area contributed by atoms with Crippen molar-refractivity contribution < 1.29 is 13.5 Å². The maximum absolute atomic E-state index is 12.0. The Bertz CT molecular complexity index is 517. The third-order valence-corrected chi connectivity index (χ3v) is 5.22. The first-order valence-corrected chi connectivity index (χ1v) is 8.16. The van der Waals surface area contributed by atoms with Gasteiger partial charge in [0.1, 0.15) is 0 Å². The monoisotopic (exact) mass is 333 g/mol. The summed E-state index contributed by atoms with van der Waals surface area (Å²) in [5, 5.41) is 9.56. The first kappa shape index (κ1) is 14.0. The molecule has 4 nitrogen and oxygen atoms in total. The van der Waals surface area contributed by atoms with Gasteiger partial charge in [0.05, 0.1) is 16.2 Å². The van der Waals surface area contributed by atoms with Crippen LogP contribution in [-0.2, 0) is 9.84 Å². The zero-order valence-corrected chi connectivity index (χ0v) is 12.5. The molecule has 0 amide bonds. The SMILES string of the molecule is CC1(O)CN(CCS(=O)(=O)c2ccc(Br)cc2)C1. The lowest BCUT2D eigenvalue weighted by Gasteiger charge is -2.44. The molecule has 1 aromatic rings. The van der Waals surface area contributed by atoms with Gasteiger partial charge >= 0.3 is 0 Å². The smallest absolute Gasteiger partial charge is 0.179 e. The summed E-state index contributed by atoms with van der Waals surface area (Å²) >= 11 is 3.28. The minimum atomic E-state index is -3.23. The van der Waals surface area contributed by atoms with E-state index in [9.17, 15) is 13.5 Å². The highest BCUT2D eigenvalue weighted by atomic mass is 79.9. The van der Waals surface area contributed by atoms with Crippen molar-refractivity contribution in [2.75, 3.05) is 25.4 Å². The number of nitrogens with zero attached hydrogens (tertiary/aromatic N) is 1. The molecule has 0 unspecified atom stereocenters. The quantitative estimate of drug-likeness (QED) is 0.902. The van der Waals surface area contributed by atoms with Gasteiger partial charge in [-0.15, -0.1) is 0 Å². The van der Waals surface area contributed by atoms with Crippen LogP contribution in [0.1, 0.15) is 6.92 Å². The number of hydrogen-bond acceptors (Lipinski definition) is 4. The number of benzene rings is 1. The molecule has 100 valence electrons. The maximum Gasteiger partial charge on any atom is 0.179 e. The van der Waals surface area contributed by atoms with Gasteiger partial charge in [-0.2, -0.15) is 0 Å². The highest BCUT2D eigenvalue weighted by Gasteiger charge is 2.36. The number of sulfone groups is 1. The second-order valence-corrected chi connectivity index (χ2v) is 8.01. The van der Waals surface area contributed by atoms with Gasteiger partial charge < -0.3 is 5.11 Å². The molecule has 18 heavy (non-hydrogen) atoms. The Kier molecular flexibility index (Phi) is 3.82. The molecule has 0 radical (unpaired) electrons. The first-order chi connectivity index (χ1) is 8.28. The Labute approximate surface area is 116 Å². The van der Waals surface area contributed by atoms with Crippen LogP contribution in [0.5, 0.6) is 0 Å². The van der Waals surface area contributed by atoms with Crippen molar-refractivity contribution in [1.82, 2.24) is 4.90 Å². The summed E-state index contributed by atoms with van der Waals surface area (Å²) in [6.07, 6.45) is 0. The summed E-state index contributed by atoms with van der Waals surface area (Å²) in [4.78, 5) is 2.29. The van der Waals surface area contributed by atoms with Crippen LogP contribution in [0.2, 0.25) is 0 Å². The molecule has 1 aliphatic heterocycles. The van der Waals surface area contributed by atoms with Crippen LogP contribution in [0.4, 0.5) is 0 Å². The molecule has 1 fully saturated rings. The van der Waals surface area contributed by atoms with Crippen LogP contribution >= 0.6 is 15.9 Å². The van der Waals surface area contributed by atoms with Crippen molar-refractivity contribution in [2.45, 2.75) is 17.4 Å². The second kappa shape index (κ2) is 4.92. The van der Waals surface area contributed by atoms with E-state index in [1.165, 1.54) is 0 Å². The predicted molar refractivity (Wildman–Crippen MR) is 73.3 cm³/mol. The lowest BCUT2D eigenvalue weighted by Crippen LogP contribution is -2.60. The van der Waals surface area contributed by atoms with Crippen LogP contribution in [0.3, 0.4) is 0 Å². The average Bonchev–Trinajstić information content (AvgIpc) is 2.24. The molecule has 1 heterocycles. The number of hydrogen-bond donors (Lipinski definition) is 1. The fourth-order valence-electron chi connectivity index (χ4n) is 2.08. The number of β-amino-alcohol motifs (C(OH)–C–C–N with tert-alkyl or cyclic N) is 1. The van der Waals surface area contributed by atoms with Crippen LogP contribution in [0, 0.1) is 0 Å². The summed E-state index contributed by atoms with van der Waals surface area (Å²) in [6, 6.07) is 6.65. The van der Waals surface area contributed by atoms with Crippen LogP contribution in [0.15, 0.2) is 33.6 Å². The van der Waals surface area contributed by atoms with Gasteiger partial charge in [-0.3, -0.25) is 4.90 Å². The third-order valence-electron chi connectivity index (χ3n) is 2.98. The second-order valence-electron chi connectivity index (χ2n) is 4.98. The van der Waals surface area contributed by atoms with E-state index in [0.29, 0.717) is 24.5 Å². The fourth-order valence-corrected chi connectivity index (χ4v) is 3.63. The standard InChI is InChI=1S/C12H16BrNO3S/c1-12(15)8-14(9-12)6-7-18(16,17)11-4-2-10(13)3-5-11/h2-5,15H,6-9H2,1H3. The highest BCUT2D eigenvalue weighted by Crippen LogP contribution is 2.21. The Morgan fingerprint density at radius 3 is 2.39 bits per heavy atom. The molecular formula is C12H16BrNO3S. The highest BCUT2D eigenvalue weighted by molar-refractivity contribution is 9.10. The van der Waals surface area contributed by atoms with Crippen molar-refractivity contribution in [1.29, 1.82) is 0 Å². The summed E-state index contributed by atoms with van der Waals surface area (Å²) in [6.45, 7) is 3.31. The molecule has 0 aromatic heterocycles. The molecular weight excluding hydrogens is 318 g/mol. The van der Waals surface area contributed by atoms with Crippen molar-refractivity contribution >= 4 is 25.8 Å². The van der Waals surface area contributed by atoms with Crippen LogP contribution < -0.4 is 0 Å². The van der Waals surface area contributed by atoms with E-state index in [1.54, 1.807) is 31.2 Å². The van der Waals surface area contributed by atoms with E-state index in [1.807, 2.05) is 4.90 Å². The van der Waals surface area contributed by atoms with Crippen molar-refractivity contribution in [3.63, 3.8) is 0 Å². The van der Waals surface area contributed by atoms with Gasteiger partial charge in [0.2, 0.25) is 0 Å². The Morgan fingerprint density at radius 1 is 1.33 bits per heavy atom. The fraction of sp³-hybridized carbons (Fsp3) is 0.500. The summed E-state index contributed by atoms with van der Waals surface area (Å²) in [5.74, 6) is 0.0880. The number of halogens is 1. The Balaban J connectivity index is 1.94. The summed E-state index contributed by atoms with van der Waals surface area (Å²) < 4.78 is 25.0. The largest absolute Gasteiger partial charge is 0.388 e. The maximum atomic E-state index is 12.0. The Hall–Kier alpha value is -0.430. The van der Waals surface area contributed by atoms with Crippen LogP contribution in [0.25, 0.3) is 0 Å². The average molecular weight is 334 g/mol. The van der Waals surface area contributed by atoms with Crippen molar-refractivity contribution in [2.24, 2.45) is 0 Å². The molecule has 2 rings (SSSR count). The van der Waals surface area contributed by atoms with E-state index in [4.69, 9.17) is 0 Å². The van der Waals surface area contributed by atoms with Crippen molar-refractivity contribution in [3.05, 3.63) is 28.7 Å². The Morgan fingerprint density at radius 2 is 1.89 bits per heavy atom. The zero-order valence-electron chi connectivity index (χ0n) is 10.1. The molecule has 6 heteroatoms. The molecule has 1 aromatic carbocycles. The van der Waals surface area contributed by atoms with E-state index < -0.39 is 15.4 Å². The van der Waals surface area contributed by atoms with E-state index in [-0.39, 0.29) is 5.75 Å². The molecule has 0 spiro atoms. The molecule has 1 saturated heterocycles.